The van der Waals surface area contributed by atoms with Crippen molar-refractivity contribution in [2.45, 2.75) is 44.8 Å². The molecule has 1 heteroatoms. The zero-order valence-corrected chi connectivity index (χ0v) is 11.1. The third-order valence-corrected chi connectivity index (χ3v) is 4.54. The molecule has 18 heavy (non-hydrogen) atoms. The van der Waals surface area contributed by atoms with Crippen LogP contribution in [0.3, 0.4) is 0 Å². The molecule has 1 heterocycles. The topological polar surface area (TPSA) is 9.23 Å². The van der Waals surface area contributed by atoms with Gasteiger partial charge in [-0.3, -0.25) is 0 Å². The summed E-state index contributed by atoms with van der Waals surface area (Å²) in [5, 5.41) is 0. The summed E-state index contributed by atoms with van der Waals surface area (Å²) in [5.74, 6) is 1.41. The van der Waals surface area contributed by atoms with Crippen LogP contribution in [-0.4, -0.2) is 6.10 Å². The fourth-order valence-corrected chi connectivity index (χ4v) is 3.46. The summed E-state index contributed by atoms with van der Waals surface area (Å²) in [7, 11) is 0. The Hall–Kier alpha value is -1.08. The molecule has 0 unspecified atom stereocenters. The Morgan fingerprint density at radius 3 is 2.72 bits per heavy atom. The molecule has 1 saturated heterocycles. The van der Waals surface area contributed by atoms with Gasteiger partial charge < -0.3 is 4.74 Å². The SMILES string of the molecule is C=C1C[C@@H](c2ccccc2)O[C@@H]2C[C@@H](C)CC[C@@H]12. The van der Waals surface area contributed by atoms with Gasteiger partial charge in [-0.25, -0.2) is 0 Å². The van der Waals surface area contributed by atoms with Crippen molar-refractivity contribution in [2.75, 3.05) is 0 Å². The highest BCUT2D eigenvalue weighted by molar-refractivity contribution is 5.22. The molecule has 1 aromatic rings. The third-order valence-electron chi connectivity index (χ3n) is 4.54. The summed E-state index contributed by atoms with van der Waals surface area (Å²) in [6, 6.07) is 10.6. The molecule has 0 amide bonds. The lowest BCUT2D eigenvalue weighted by Gasteiger charge is -2.43. The summed E-state index contributed by atoms with van der Waals surface area (Å²) in [6.45, 7) is 6.66. The highest BCUT2D eigenvalue weighted by Gasteiger charge is 2.37. The standard InChI is InChI=1S/C17H22O/c1-12-8-9-15-13(2)11-16(18-17(15)10-12)14-6-4-3-5-7-14/h3-7,12,15-17H,2,8-11H2,1H3/t12-,15-,16-,17+/m0/s1. The average molecular weight is 242 g/mol. The molecule has 0 bridgehead atoms. The van der Waals surface area contributed by atoms with E-state index in [-0.39, 0.29) is 6.10 Å². The van der Waals surface area contributed by atoms with E-state index in [1.807, 2.05) is 0 Å². The Morgan fingerprint density at radius 1 is 1.17 bits per heavy atom. The van der Waals surface area contributed by atoms with Gasteiger partial charge in [-0.15, -0.1) is 0 Å². The molecule has 3 rings (SSSR count). The minimum Gasteiger partial charge on any atom is -0.369 e. The summed E-state index contributed by atoms with van der Waals surface area (Å²) < 4.78 is 6.36. The van der Waals surface area contributed by atoms with Crippen LogP contribution in [0.4, 0.5) is 0 Å². The first-order valence-electron chi connectivity index (χ1n) is 7.12. The van der Waals surface area contributed by atoms with Crippen molar-refractivity contribution in [1.82, 2.24) is 0 Å². The van der Waals surface area contributed by atoms with Gasteiger partial charge in [0.25, 0.3) is 0 Å². The van der Waals surface area contributed by atoms with Crippen molar-refractivity contribution < 1.29 is 4.74 Å². The van der Waals surface area contributed by atoms with Crippen LogP contribution < -0.4 is 0 Å². The van der Waals surface area contributed by atoms with E-state index in [0.717, 1.165) is 12.3 Å². The summed E-state index contributed by atoms with van der Waals surface area (Å²) in [5.41, 5.74) is 2.71. The van der Waals surface area contributed by atoms with Crippen LogP contribution >= 0.6 is 0 Å². The first-order valence-corrected chi connectivity index (χ1v) is 7.12. The van der Waals surface area contributed by atoms with Gasteiger partial charge in [0, 0.05) is 5.92 Å². The Labute approximate surface area is 110 Å². The maximum absolute atomic E-state index is 6.36. The second kappa shape index (κ2) is 4.89. The quantitative estimate of drug-likeness (QED) is 0.658. The number of fused-ring (bicyclic) bond motifs is 1. The van der Waals surface area contributed by atoms with Crippen LogP contribution in [0.2, 0.25) is 0 Å². The zero-order chi connectivity index (χ0) is 12.5. The Kier molecular flexibility index (Phi) is 3.25. The maximum atomic E-state index is 6.36. The Balaban J connectivity index is 1.78. The van der Waals surface area contributed by atoms with Crippen LogP contribution in [0.5, 0.6) is 0 Å². The van der Waals surface area contributed by atoms with Crippen molar-refractivity contribution in [3.05, 3.63) is 48.0 Å². The second-order valence-electron chi connectivity index (χ2n) is 5.96. The van der Waals surface area contributed by atoms with Gasteiger partial charge in [0.2, 0.25) is 0 Å². The van der Waals surface area contributed by atoms with Gasteiger partial charge in [-0.1, -0.05) is 49.4 Å². The van der Waals surface area contributed by atoms with E-state index in [0.29, 0.717) is 12.0 Å². The minimum absolute atomic E-state index is 0.227. The van der Waals surface area contributed by atoms with Crippen molar-refractivity contribution in [3.8, 4) is 0 Å². The van der Waals surface area contributed by atoms with Gasteiger partial charge in [-0.05, 0) is 37.2 Å². The summed E-state index contributed by atoms with van der Waals surface area (Å²) in [4.78, 5) is 0. The average Bonchev–Trinajstić information content (AvgIpc) is 2.39. The van der Waals surface area contributed by atoms with Crippen molar-refractivity contribution in [1.29, 1.82) is 0 Å². The molecular weight excluding hydrogens is 220 g/mol. The highest BCUT2D eigenvalue weighted by Crippen LogP contribution is 2.44. The van der Waals surface area contributed by atoms with Crippen LogP contribution in [0.1, 0.15) is 44.3 Å². The van der Waals surface area contributed by atoms with Crippen LogP contribution in [0.15, 0.2) is 42.5 Å². The summed E-state index contributed by atoms with van der Waals surface area (Å²) in [6.07, 6.45) is 5.43. The van der Waals surface area contributed by atoms with E-state index in [2.05, 4.69) is 43.8 Å². The third kappa shape index (κ3) is 2.24. The lowest BCUT2D eigenvalue weighted by Crippen LogP contribution is -2.37. The molecule has 0 radical (unpaired) electrons. The number of hydrogen-bond donors (Lipinski definition) is 0. The molecule has 0 aromatic heterocycles. The number of rotatable bonds is 1. The normalized spacial score (nSPS) is 36.2. The molecule has 4 atom stereocenters. The van der Waals surface area contributed by atoms with Gasteiger partial charge in [0.1, 0.15) is 0 Å². The molecule has 2 fully saturated rings. The van der Waals surface area contributed by atoms with Gasteiger partial charge in [-0.2, -0.15) is 0 Å². The molecule has 1 aromatic carbocycles. The van der Waals surface area contributed by atoms with Crippen molar-refractivity contribution in [3.63, 3.8) is 0 Å². The first-order chi connectivity index (χ1) is 8.74. The molecule has 2 aliphatic rings. The van der Waals surface area contributed by atoms with E-state index >= 15 is 0 Å². The molecule has 1 saturated carbocycles. The van der Waals surface area contributed by atoms with E-state index in [9.17, 15) is 0 Å². The molecule has 96 valence electrons. The van der Waals surface area contributed by atoms with Crippen LogP contribution in [0.25, 0.3) is 0 Å². The lowest BCUT2D eigenvalue weighted by atomic mass is 9.74. The molecule has 0 spiro atoms. The molecular formula is C17H22O. The van der Waals surface area contributed by atoms with Gasteiger partial charge >= 0.3 is 0 Å². The fraction of sp³-hybridized carbons (Fsp3) is 0.529. The highest BCUT2D eigenvalue weighted by atomic mass is 16.5. The van der Waals surface area contributed by atoms with Crippen molar-refractivity contribution in [2.24, 2.45) is 11.8 Å². The fourth-order valence-electron chi connectivity index (χ4n) is 3.46. The van der Waals surface area contributed by atoms with Crippen LogP contribution in [0, 0.1) is 11.8 Å². The summed E-state index contributed by atoms with van der Waals surface area (Å²) >= 11 is 0. The monoisotopic (exact) mass is 242 g/mol. The smallest absolute Gasteiger partial charge is 0.0866 e. The number of ether oxygens (including phenoxy) is 1. The predicted octanol–water partition coefficient (Wildman–Crippen LogP) is 4.51. The molecule has 1 aliphatic carbocycles. The van der Waals surface area contributed by atoms with E-state index in [4.69, 9.17) is 4.74 Å². The van der Waals surface area contributed by atoms with Gasteiger partial charge in [0.15, 0.2) is 0 Å². The zero-order valence-electron chi connectivity index (χ0n) is 11.1. The van der Waals surface area contributed by atoms with Gasteiger partial charge in [0.05, 0.1) is 12.2 Å². The molecule has 0 N–H and O–H groups in total. The lowest BCUT2D eigenvalue weighted by molar-refractivity contribution is -0.0857. The molecule has 1 nitrogen and oxygen atoms in total. The Bertz CT molecular complexity index is 422. The Morgan fingerprint density at radius 2 is 1.94 bits per heavy atom. The number of benzene rings is 1. The van der Waals surface area contributed by atoms with Crippen molar-refractivity contribution >= 4 is 0 Å². The molecule has 1 aliphatic heterocycles. The minimum atomic E-state index is 0.227. The van der Waals surface area contributed by atoms with Crippen LogP contribution in [-0.2, 0) is 4.74 Å². The van der Waals surface area contributed by atoms with E-state index < -0.39 is 0 Å². The second-order valence-corrected chi connectivity index (χ2v) is 5.96. The largest absolute Gasteiger partial charge is 0.369 e. The van der Waals surface area contributed by atoms with E-state index in [1.165, 1.54) is 30.4 Å². The number of hydrogen-bond acceptors (Lipinski definition) is 1. The predicted molar refractivity (Wildman–Crippen MR) is 74.3 cm³/mol. The maximum Gasteiger partial charge on any atom is 0.0866 e. The first kappa shape index (κ1) is 12.0. The van der Waals surface area contributed by atoms with E-state index in [1.54, 1.807) is 0 Å².